The van der Waals surface area contributed by atoms with Crippen LogP contribution in [-0.2, 0) is 11.4 Å². The first-order valence-corrected chi connectivity index (χ1v) is 6.91. The highest BCUT2D eigenvalue weighted by atomic mass is 35.5. The summed E-state index contributed by atoms with van der Waals surface area (Å²) in [6.45, 7) is -1.52. The summed E-state index contributed by atoms with van der Waals surface area (Å²) in [4.78, 5) is -0.660. The second kappa shape index (κ2) is 6.32. The Morgan fingerprint density at radius 1 is 0.962 bits per heavy atom. The van der Waals surface area contributed by atoms with Crippen LogP contribution >= 0.6 is 11.6 Å². The minimum absolute atomic E-state index is 0.0234. The predicted molar refractivity (Wildman–Crippen MR) is 69.9 cm³/mol. The average Bonchev–Trinajstić information content (AvgIpc) is 2.98. The van der Waals surface area contributed by atoms with Crippen LogP contribution in [-0.4, -0.2) is 32.8 Å². The maximum absolute atomic E-state index is 14.4. The molecule has 2 rings (SSSR count). The van der Waals surface area contributed by atoms with Crippen LogP contribution in [0.25, 0.3) is 0 Å². The van der Waals surface area contributed by atoms with Crippen LogP contribution in [0.1, 0.15) is 5.56 Å². The monoisotopic (exact) mass is 411 g/mol. The Bertz CT molecular complexity index is 776. The van der Waals surface area contributed by atoms with Gasteiger partial charge in [-0.2, -0.15) is 35.8 Å². The zero-order valence-corrected chi connectivity index (χ0v) is 13.0. The fourth-order valence-electron chi connectivity index (χ4n) is 2.13. The van der Waals surface area contributed by atoms with E-state index in [-0.39, 0.29) is 12.1 Å². The largest absolute Gasteiger partial charge is 0.459 e. The van der Waals surface area contributed by atoms with E-state index in [0.29, 0.717) is 17.1 Å². The first kappa shape index (κ1) is 20.3. The van der Waals surface area contributed by atoms with Gasteiger partial charge in [0, 0.05) is 11.6 Å². The lowest BCUT2D eigenvalue weighted by molar-refractivity contribution is -0.364. The van der Waals surface area contributed by atoms with E-state index in [4.69, 9.17) is 11.6 Å². The lowest BCUT2D eigenvalue weighted by atomic mass is 9.86. The molecular formula is C13H7ClF9N3. The predicted octanol–water partition coefficient (Wildman–Crippen LogP) is 4.52. The molecule has 1 unspecified atom stereocenters. The summed E-state index contributed by atoms with van der Waals surface area (Å²) in [6, 6.07) is 0.670. The Morgan fingerprint density at radius 3 is 2.04 bits per heavy atom. The number of hydrogen-bond donors (Lipinski definition) is 0. The van der Waals surface area contributed by atoms with Gasteiger partial charge in [0.2, 0.25) is 0 Å². The summed E-state index contributed by atoms with van der Waals surface area (Å²) in [5, 5.41) is 3.30. The topological polar surface area (TPSA) is 30.7 Å². The minimum Gasteiger partial charge on any atom is -0.251 e. The van der Waals surface area contributed by atoms with Crippen molar-refractivity contribution in [1.82, 2.24) is 14.8 Å². The molecule has 26 heavy (non-hydrogen) atoms. The van der Waals surface area contributed by atoms with Gasteiger partial charge >= 0.3 is 18.0 Å². The van der Waals surface area contributed by atoms with Crippen LogP contribution < -0.4 is 0 Å². The molecule has 1 aromatic heterocycles. The standard InChI is InChI=1S/C13H7ClF9N3/c14-10(4-26-6-24-5-25-26,8-2-1-7(15)3-9(8)16)11(17,18)12(19,20)13(21,22)23/h1-3,5-6H,4H2. The summed E-state index contributed by atoms with van der Waals surface area (Å²) in [5.41, 5.74) is -1.47. The third-order valence-electron chi connectivity index (χ3n) is 3.45. The van der Waals surface area contributed by atoms with E-state index < -0.39 is 46.6 Å². The average molecular weight is 412 g/mol. The SMILES string of the molecule is Fc1ccc(C(Cl)(Cn2cncn2)C(F)(F)C(F)(F)C(F)(F)F)c(F)c1. The van der Waals surface area contributed by atoms with E-state index >= 15 is 0 Å². The fraction of sp³-hybridized carbons (Fsp3) is 0.385. The molecule has 0 saturated heterocycles. The molecular weight excluding hydrogens is 405 g/mol. The minimum atomic E-state index is -6.70. The van der Waals surface area contributed by atoms with E-state index in [1.807, 2.05) is 0 Å². The number of hydrogen-bond acceptors (Lipinski definition) is 2. The van der Waals surface area contributed by atoms with E-state index in [9.17, 15) is 39.5 Å². The molecule has 0 N–H and O–H groups in total. The molecule has 0 amide bonds. The molecule has 3 nitrogen and oxygen atoms in total. The highest BCUT2D eigenvalue weighted by Crippen LogP contribution is 2.57. The summed E-state index contributed by atoms with van der Waals surface area (Å²) in [5.74, 6) is -15.8. The van der Waals surface area contributed by atoms with Crippen LogP contribution in [0.3, 0.4) is 0 Å². The second-order valence-electron chi connectivity index (χ2n) is 5.16. The molecule has 0 spiro atoms. The fourth-order valence-corrected chi connectivity index (χ4v) is 2.52. The molecule has 2 aromatic rings. The van der Waals surface area contributed by atoms with Gasteiger partial charge in [-0.3, -0.25) is 4.68 Å². The van der Waals surface area contributed by atoms with Gasteiger partial charge in [-0.15, -0.1) is 11.6 Å². The Balaban J connectivity index is 2.71. The number of halogens is 10. The molecule has 0 radical (unpaired) electrons. The van der Waals surface area contributed by atoms with Gasteiger partial charge < -0.3 is 0 Å². The van der Waals surface area contributed by atoms with E-state index in [1.165, 1.54) is 0 Å². The number of rotatable bonds is 5. The third-order valence-corrected chi connectivity index (χ3v) is 4.01. The van der Waals surface area contributed by atoms with Crippen LogP contribution in [0.4, 0.5) is 39.5 Å². The Kier molecular flexibility index (Phi) is 4.94. The van der Waals surface area contributed by atoms with Crippen LogP contribution in [0.15, 0.2) is 30.9 Å². The van der Waals surface area contributed by atoms with Crippen molar-refractivity contribution in [1.29, 1.82) is 0 Å². The van der Waals surface area contributed by atoms with Crippen LogP contribution in [0.2, 0.25) is 0 Å². The molecule has 1 atom stereocenters. The van der Waals surface area contributed by atoms with Crippen molar-refractivity contribution in [3.63, 3.8) is 0 Å². The quantitative estimate of drug-likeness (QED) is 0.535. The van der Waals surface area contributed by atoms with Crippen molar-refractivity contribution in [2.75, 3.05) is 0 Å². The first-order valence-electron chi connectivity index (χ1n) is 6.53. The van der Waals surface area contributed by atoms with Gasteiger partial charge in [0.15, 0.2) is 4.87 Å². The Hall–Kier alpha value is -1.98. The molecule has 13 heteroatoms. The number of nitrogens with zero attached hydrogens (tertiary/aromatic N) is 3. The number of alkyl halides is 8. The number of aromatic nitrogens is 3. The van der Waals surface area contributed by atoms with E-state index in [1.54, 1.807) is 0 Å². The second-order valence-corrected chi connectivity index (χ2v) is 5.81. The van der Waals surface area contributed by atoms with Gasteiger partial charge in [0.25, 0.3) is 0 Å². The summed E-state index contributed by atoms with van der Waals surface area (Å²) >= 11 is 5.51. The smallest absolute Gasteiger partial charge is 0.251 e. The Morgan fingerprint density at radius 2 is 1.58 bits per heavy atom. The first-order chi connectivity index (χ1) is 11.7. The molecule has 0 saturated carbocycles. The van der Waals surface area contributed by atoms with Crippen molar-refractivity contribution in [2.45, 2.75) is 29.4 Å². The van der Waals surface area contributed by atoms with Crippen molar-refractivity contribution >= 4 is 11.6 Å². The van der Waals surface area contributed by atoms with Gasteiger partial charge in [-0.05, 0) is 6.07 Å². The van der Waals surface area contributed by atoms with Crippen molar-refractivity contribution in [2.24, 2.45) is 0 Å². The van der Waals surface area contributed by atoms with Crippen molar-refractivity contribution in [3.8, 4) is 0 Å². The highest BCUT2D eigenvalue weighted by molar-refractivity contribution is 6.24. The summed E-state index contributed by atoms with van der Waals surface area (Å²) in [7, 11) is 0. The zero-order valence-electron chi connectivity index (χ0n) is 12.2. The molecule has 0 aliphatic heterocycles. The Labute approximate surface area is 144 Å². The molecule has 1 aromatic carbocycles. The summed E-state index contributed by atoms with van der Waals surface area (Å²) < 4.78 is 121. The summed E-state index contributed by atoms with van der Waals surface area (Å²) in [6.07, 6.45) is -5.24. The van der Waals surface area contributed by atoms with Gasteiger partial charge in [-0.1, -0.05) is 6.07 Å². The van der Waals surface area contributed by atoms with Crippen LogP contribution in [0, 0.1) is 11.6 Å². The molecule has 0 bridgehead atoms. The van der Waals surface area contributed by atoms with Gasteiger partial charge in [0.1, 0.15) is 24.3 Å². The maximum atomic E-state index is 14.4. The molecule has 144 valence electrons. The van der Waals surface area contributed by atoms with Crippen LogP contribution in [0.5, 0.6) is 0 Å². The molecule has 1 heterocycles. The molecule has 0 aliphatic rings. The van der Waals surface area contributed by atoms with Crippen molar-refractivity contribution < 1.29 is 39.5 Å². The third kappa shape index (κ3) is 3.10. The van der Waals surface area contributed by atoms with E-state index in [2.05, 4.69) is 10.1 Å². The molecule has 0 fully saturated rings. The maximum Gasteiger partial charge on any atom is 0.459 e. The highest BCUT2D eigenvalue weighted by Gasteiger charge is 2.80. The zero-order chi connectivity index (χ0) is 20.0. The normalized spacial score (nSPS) is 15.8. The van der Waals surface area contributed by atoms with Crippen molar-refractivity contribution in [3.05, 3.63) is 48.1 Å². The van der Waals surface area contributed by atoms with E-state index in [0.717, 1.165) is 6.33 Å². The van der Waals surface area contributed by atoms with Gasteiger partial charge in [0.05, 0.1) is 6.54 Å². The lowest BCUT2D eigenvalue weighted by Crippen LogP contribution is -2.62. The lowest BCUT2D eigenvalue weighted by Gasteiger charge is -2.40. The molecule has 0 aliphatic carbocycles. The van der Waals surface area contributed by atoms with Gasteiger partial charge in [-0.25, -0.2) is 13.8 Å². The number of benzene rings is 1.